The highest BCUT2D eigenvalue weighted by Crippen LogP contribution is 2.40. The number of hydrogen-bond acceptors (Lipinski definition) is 2. The van der Waals surface area contributed by atoms with Crippen LogP contribution in [0.2, 0.25) is 5.02 Å². The molecule has 0 saturated heterocycles. The molecule has 23 heavy (non-hydrogen) atoms. The molecule has 122 valence electrons. The SMILES string of the molecule is Cc1c(OCC(=O)Nc2ccccc2)ccc(Cl)c1C(F)(F)F. The molecular formula is C16H13ClF3NO2. The molecule has 2 rings (SSSR count). The predicted octanol–water partition coefficient (Wildman–Crippen LogP) is 4.68. The number of alkyl halides is 3. The number of nitrogens with one attached hydrogen (secondary N) is 1. The molecule has 1 N–H and O–H groups in total. The molecular weight excluding hydrogens is 331 g/mol. The summed E-state index contributed by atoms with van der Waals surface area (Å²) < 4.78 is 44.1. The summed E-state index contributed by atoms with van der Waals surface area (Å²) in [5.74, 6) is -0.510. The number of ether oxygens (including phenoxy) is 1. The van der Waals surface area contributed by atoms with Crippen LogP contribution >= 0.6 is 11.6 Å². The number of carbonyl (C=O) groups excluding carboxylic acids is 1. The van der Waals surface area contributed by atoms with Gasteiger partial charge in [-0.05, 0) is 31.2 Å². The molecule has 0 aliphatic heterocycles. The predicted molar refractivity (Wildman–Crippen MR) is 81.8 cm³/mol. The molecule has 3 nitrogen and oxygen atoms in total. The molecule has 0 heterocycles. The fourth-order valence-corrected chi connectivity index (χ4v) is 2.34. The Balaban J connectivity index is 2.08. The van der Waals surface area contributed by atoms with E-state index in [1.165, 1.54) is 13.0 Å². The molecule has 0 fully saturated rings. The van der Waals surface area contributed by atoms with Gasteiger partial charge in [-0.2, -0.15) is 13.2 Å². The summed E-state index contributed by atoms with van der Waals surface area (Å²) in [6.45, 7) is 0.841. The smallest absolute Gasteiger partial charge is 0.418 e. The van der Waals surface area contributed by atoms with Gasteiger partial charge in [0.2, 0.25) is 0 Å². The first-order chi connectivity index (χ1) is 10.8. The summed E-state index contributed by atoms with van der Waals surface area (Å²) in [6.07, 6.45) is -4.59. The fraction of sp³-hybridized carbons (Fsp3) is 0.188. The van der Waals surface area contributed by atoms with Crippen LogP contribution < -0.4 is 10.1 Å². The average Bonchev–Trinajstić information content (AvgIpc) is 2.46. The molecule has 2 aromatic carbocycles. The van der Waals surface area contributed by atoms with Crippen molar-refractivity contribution in [2.45, 2.75) is 13.1 Å². The van der Waals surface area contributed by atoms with Crippen LogP contribution in [0, 0.1) is 6.92 Å². The summed E-state index contributed by atoms with van der Waals surface area (Å²) in [7, 11) is 0. The maximum atomic E-state index is 13.0. The minimum absolute atomic E-state index is 0.0371. The highest BCUT2D eigenvalue weighted by molar-refractivity contribution is 6.31. The molecule has 0 aromatic heterocycles. The molecule has 0 unspecified atom stereocenters. The maximum absolute atomic E-state index is 13.0. The van der Waals surface area contributed by atoms with Crippen molar-refractivity contribution in [3.05, 3.63) is 58.6 Å². The quantitative estimate of drug-likeness (QED) is 0.875. The van der Waals surface area contributed by atoms with Crippen LogP contribution in [0.1, 0.15) is 11.1 Å². The third-order valence-corrected chi connectivity index (χ3v) is 3.38. The number of amides is 1. The van der Waals surface area contributed by atoms with Crippen molar-refractivity contribution in [2.24, 2.45) is 0 Å². The van der Waals surface area contributed by atoms with E-state index >= 15 is 0 Å². The van der Waals surface area contributed by atoms with Gasteiger partial charge in [0.1, 0.15) is 5.75 Å². The van der Waals surface area contributed by atoms with Gasteiger partial charge in [0.15, 0.2) is 6.61 Å². The molecule has 0 radical (unpaired) electrons. The second-order valence-corrected chi connectivity index (χ2v) is 5.15. The first-order valence-corrected chi connectivity index (χ1v) is 7.01. The van der Waals surface area contributed by atoms with Gasteiger partial charge in [-0.3, -0.25) is 4.79 Å². The molecule has 0 aliphatic carbocycles. The van der Waals surface area contributed by atoms with Gasteiger partial charge in [-0.1, -0.05) is 29.8 Å². The average molecular weight is 344 g/mol. The minimum Gasteiger partial charge on any atom is -0.483 e. The highest BCUT2D eigenvalue weighted by atomic mass is 35.5. The van der Waals surface area contributed by atoms with Crippen molar-refractivity contribution in [3.8, 4) is 5.75 Å². The molecule has 7 heteroatoms. The van der Waals surface area contributed by atoms with Crippen LogP contribution in [0.25, 0.3) is 0 Å². The van der Waals surface area contributed by atoms with E-state index in [-0.39, 0.29) is 11.3 Å². The van der Waals surface area contributed by atoms with Gasteiger partial charge in [-0.15, -0.1) is 0 Å². The van der Waals surface area contributed by atoms with E-state index < -0.39 is 29.3 Å². The monoisotopic (exact) mass is 343 g/mol. The normalized spacial score (nSPS) is 11.2. The zero-order valence-electron chi connectivity index (χ0n) is 12.1. The summed E-state index contributed by atoms with van der Waals surface area (Å²) in [6, 6.07) is 11.1. The lowest BCUT2D eigenvalue weighted by Crippen LogP contribution is -2.20. The van der Waals surface area contributed by atoms with Gasteiger partial charge in [-0.25, -0.2) is 0 Å². The lowest BCUT2D eigenvalue weighted by atomic mass is 10.1. The van der Waals surface area contributed by atoms with Gasteiger partial charge >= 0.3 is 6.18 Å². The summed E-state index contributed by atoms with van der Waals surface area (Å²) >= 11 is 5.60. The number of para-hydroxylation sites is 1. The van der Waals surface area contributed by atoms with Gasteiger partial charge in [0.05, 0.1) is 10.6 Å². The van der Waals surface area contributed by atoms with Crippen LogP contribution in [0.3, 0.4) is 0 Å². The first-order valence-electron chi connectivity index (χ1n) is 6.63. The van der Waals surface area contributed by atoms with Crippen molar-refractivity contribution < 1.29 is 22.7 Å². The van der Waals surface area contributed by atoms with Crippen molar-refractivity contribution in [1.82, 2.24) is 0 Å². The van der Waals surface area contributed by atoms with Crippen molar-refractivity contribution >= 4 is 23.2 Å². The molecule has 0 spiro atoms. The zero-order valence-corrected chi connectivity index (χ0v) is 12.8. The third kappa shape index (κ3) is 4.39. The largest absolute Gasteiger partial charge is 0.483 e. The van der Waals surface area contributed by atoms with Crippen LogP contribution in [0.15, 0.2) is 42.5 Å². The first kappa shape index (κ1) is 17.1. The Kier molecular flexibility index (Phi) is 5.15. The Morgan fingerprint density at radius 1 is 1.17 bits per heavy atom. The molecule has 2 aromatic rings. The van der Waals surface area contributed by atoms with Gasteiger partial charge in [0.25, 0.3) is 5.91 Å². The molecule has 1 amide bonds. The van der Waals surface area contributed by atoms with E-state index in [9.17, 15) is 18.0 Å². The summed E-state index contributed by atoms with van der Waals surface area (Å²) in [5, 5.41) is 2.17. The highest BCUT2D eigenvalue weighted by Gasteiger charge is 2.36. The van der Waals surface area contributed by atoms with Crippen LogP contribution in [-0.2, 0) is 11.0 Å². The summed E-state index contributed by atoms with van der Waals surface area (Å²) in [5.41, 5.74) is -0.539. The number of halogens is 4. The Morgan fingerprint density at radius 2 is 1.83 bits per heavy atom. The Morgan fingerprint density at radius 3 is 2.43 bits per heavy atom. The number of rotatable bonds is 4. The lowest BCUT2D eigenvalue weighted by Gasteiger charge is -2.16. The maximum Gasteiger partial charge on any atom is 0.418 e. The second-order valence-electron chi connectivity index (χ2n) is 4.75. The summed E-state index contributed by atoms with van der Waals surface area (Å²) in [4.78, 5) is 11.8. The number of benzene rings is 2. The number of carbonyl (C=O) groups is 1. The van der Waals surface area contributed by atoms with E-state index in [0.717, 1.165) is 6.07 Å². The number of hydrogen-bond donors (Lipinski definition) is 1. The van der Waals surface area contributed by atoms with Crippen molar-refractivity contribution in [3.63, 3.8) is 0 Å². The Hall–Kier alpha value is -2.21. The molecule has 0 saturated carbocycles. The van der Waals surface area contributed by atoms with E-state index in [2.05, 4.69) is 5.32 Å². The van der Waals surface area contributed by atoms with Gasteiger partial charge < -0.3 is 10.1 Å². The van der Waals surface area contributed by atoms with Crippen LogP contribution in [0.4, 0.5) is 18.9 Å². The topological polar surface area (TPSA) is 38.3 Å². The van der Waals surface area contributed by atoms with E-state index in [4.69, 9.17) is 16.3 Å². The van der Waals surface area contributed by atoms with Crippen molar-refractivity contribution in [1.29, 1.82) is 0 Å². The Bertz CT molecular complexity index is 702. The number of anilines is 1. The van der Waals surface area contributed by atoms with Crippen molar-refractivity contribution in [2.75, 3.05) is 11.9 Å². The molecule has 0 aliphatic rings. The van der Waals surface area contributed by atoms with E-state index in [1.54, 1.807) is 30.3 Å². The standard InChI is InChI=1S/C16H13ClF3NO2/c1-10-13(8-7-12(17)15(10)16(18,19)20)23-9-14(22)21-11-5-3-2-4-6-11/h2-8H,9H2,1H3,(H,21,22). The van der Waals surface area contributed by atoms with Crippen LogP contribution in [0.5, 0.6) is 5.75 Å². The van der Waals surface area contributed by atoms with E-state index in [1.807, 2.05) is 0 Å². The second kappa shape index (κ2) is 6.91. The lowest BCUT2D eigenvalue weighted by molar-refractivity contribution is -0.138. The molecule has 0 bridgehead atoms. The third-order valence-electron chi connectivity index (χ3n) is 3.06. The van der Waals surface area contributed by atoms with Gasteiger partial charge in [0, 0.05) is 11.3 Å². The van der Waals surface area contributed by atoms with Crippen LogP contribution in [-0.4, -0.2) is 12.5 Å². The minimum atomic E-state index is -4.59. The molecule has 0 atom stereocenters. The fourth-order valence-electron chi connectivity index (χ4n) is 2.03. The Labute approximate surface area is 136 Å². The van der Waals surface area contributed by atoms with E-state index in [0.29, 0.717) is 5.69 Å². The zero-order chi connectivity index (χ0) is 17.0.